The van der Waals surface area contributed by atoms with Crippen LogP contribution in [0.4, 0.5) is 13.2 Å². The summed E-state index contributed by atoms with van der Waals surface area (Å²) < 4.78 is 47.1. The Balaban J connectivity index is 2.15. The lowest BCUT2D eigenvalue weighted by atomic mass is 9.92. The maximum atomic E-state index is 13.9. The molecule has 0 amide bonds. The first-order chi connectivity index (χ1) is 12.1. The van der Waals surface area contributed by atoms with Crippen LogP contribution in [0.2, 0.25) is 15.1 Å². The molecule has 1 aliphatic heterocycles. The summed E-state index contributed by atoms with van der Waals surface area (Å²) in [6.07, 6.45) is -4.02. The molecule has 0 saturated carbocycles. The predicted molar refractivity (Wildman–Crippen MR) is 90.8 cm³/mol. The molecule has 1 atom stereocenters. The van der Waals surface area contributed by atoms with E-state index in [1.54, 1.807) is 6.92 Å². The van der Waals surface area contributed by atoms with E-state index in [0.717, 1.165) is 18.2 Å². The molecule has 0 spiro atoms. The van der Waals surface area contributed by atoms with Gasteiger partial charge in [0, 0.05) is 5.56 Å². The SMILES string of the molecule is Cc1cc(C2=CC(c3cc(Cl)c(Cl)c(Cl)c3)(C(F)(F)F)ON2)oc1CO. The van der Waals surface area contributed by atoms with Gasteiger partial charge in [-0.2, -0.15) is 13.2 Å². The van der Waals surface area contributed by atoms with E-state index in [2.05, 4.69) is 5.48 Å². The van der Waals surface area contributed by atoms with E-state index in [4.69, 9.17) is 44.1 Å². The number of hydrogen-bond acceptors (Lipinski definition) is 4. The van der Waals surface area contributed by atoms with Crippen LogP contribution in [-0.2, 0) is 17.0 Å². The lowest BCUT2D eigenvalue weighted by Crippen LogP contribution is -2.42. The lowest BCUT2D eigenvalue weighted by Gasteiger charge is -2.29. The molecule has 2 heterocycles. The summed E-state index contributed by atoms with van der Waals surface area (Å²) in [5.41, 5.74) is -0.422. The van der Waals surface area contributed by atoms with Crippen LogP contribution in [0.5, 0.6) is 0 Å². The molecule has 1 unspecified atom stereocenters. The number of rotatable bonds is 3. The van der Waals surface area contributed by atoms with Gasteiger partial charge in [-0.3, -0.25) is 10.3 Å². The number of hydroxylamine groups is 1. The zero-order valence-electron chi connectivity index (χ0n) is 13.0. The van der Waals surface area contributed by atoms with E-state index in [1.165, 1.54) is 6.07 Å². The van der Waals surface area contributed by atoms with E-state index >= 15 is 0 Å². The molecule has 1 aliphatic rings. The number of aryl methyl sites for hydroxylation is 1. The van der Waals surface area contributed by atoms with Crippen molar-refractivity contribution in [2.45, 2.75) is 25.3 Å². The molecule has 10 heteroatoms. The topological polar surface area (TPSA) is 54.6 Å². The van der Waals surface area contributed by atoms with Crippen molar-refractivity contribution in [3.8, 4) is 0 Å². The van der Waals surface area contributed by atoms with Crippen molar-refractivity contribution in [2.24, 2.45) is 0 Å². The van der Waals surface area contributed by atoms with Crippen LogP contribution in [0, 0.1) is 6.92 Å². The number of hydrogen-bond donors (Lipinski definition) is 2. The minimum atomic E-state index is -4.84. The van der Waals surface area contributed by atoms with Crippen molar-refractivity contribution in [2.75, 3.05) is 0 Å². The van der Waals surface area contributed by atoms with Gasteiger partial charge in [0.05, 0.1) is 15.1 Å². The third-order valence-corrected chi connectivity index (χ3v) is 5.13. The highest BCUT2D eigenvalue weighted by atomic mass is 35.5. The molecule has 1 aromatic heterocycles. The third kappa shape index (κ3) is 3.08. The predicted octanol–water partition coefficient (Wildman–Crippen LogP) is 5.37. The Labute approximate surface area is 161 Å². The Hall–Kier alpha value is -1.38. The molecule has 1 aromatic carbocycles. The van der Waals surface area contributed by atoms with Crippen molar-refractivity contribution in [3.05, 3.63) is 62.0 Å². The first kappa shape index (κ1) is 19.4. The third-order valence-electron chi connectivity index (χ3n) is 3.93. The molecule has 2 N–H and O–H groups in total. The van der Waals surface area contributed by atoms with E-state index in [0.29, 0.717) is 5.56 Å². The van der Waals surface area contributed by atoms with E-state index in [9.17, 15) is 18.3 Å². The lowest BCUT2D eigenvalue weighted by molar-refractivity contribution is -0.269. The Morgan fingerprint density at radius 3 is 2.27 bits per heavy atom. The van der Waals surface area contributed by atoms with Gasteiger partial charge in [0.15, 0.2) is 5.76 Å². The van der Waals surface area contributed by atoms with Crippen LogP contribution in [0.3, 0.4) is 0 Å². The number of furan rings is 1. The molecule has 3 rings (SSSR count). The summed E-state index contributed by atoms with van der Waals surface area (Å²) in [5.74, 6) is 0.327. The Bertz CT molecular complexity index is 872. The van der Waals surface area contributed by atoms with Crippen molar-refractivity contribution in [1.82, 2.24) is 5.48 Å². The van der Waals surface area contributed by atoms with Gasteiger partial charge in [0.25, 0.3) is 0 Å². The molecule has 0 bridgehead atoms. The second-order valence-corrected chi connectivity index (χ2v) is 6.82. The highest BCUT2D eigenvalue weighted by molar-refractivity contribution is 6.48. The fourth-order valence-electron chi connectivity index (χ4n) is 2.54. The van der Waals surface area contributed by atoms with Gasteiger partial charge in [-0.25, -0.2) is 0 Å². The Morgan fingerprint density at radius 2 is 1.77 bits per heavy atom. The molecule has 140 valence electrons. The highest BCUT2D eigenvalue weighted by Gasteiger charge is 2.60. The fourth-order valence-corrected chi connectivity index (χ4v) is 3.14. The molecule has 0 aliphatic carbocycles. The number of aliphatic hydroxyl groups excluding tert-OH is 1. The van der Waals surface area contributed by atoms with Crippen LogP contribution in [0.1, 0.15) is 22.6 Å². The Morgan fingerprint density at radius 1 is 1.15 bits per heavy atom. The van der Waals surface area contributed by atoms with Gasteiger partial charge in [-0.05, 0) is 36.8 Å². The number of nitrogens with one attached hydrogen (secondary N) is 1. The molecule has 0 radical (unpaired) electrons. The Kier molecular flexibility index (Phi) is 4.96. The average molecular weight is 429 g/mol. The van der Waals surface area contributed by atoms with E-state index < -0.39 is 11.8 Å². The van der Waals surface area contributed by atoms with Crippen molar-refractivity contribution < 1.29 is 27.5 Å². The van der Waals surface area contributed by atoms with Crippen molar-refractivity contribution in [3.63, 3.8) is 0 Å². The van der Waals surface area contributed by atoms with Gasteiger partial charge in [0.1, 0.15) is 18.1 Å². The largest absolute Gasteiger partial charge is 0.457 e. The van der Waals surface area contributed by atoms with Crippen LogP contribution in [0.25, 0.3) is 5.70 Å². The summed E-state index contributed by atoms with van der Waals surface area (Å²) in [6, 6.07) is 3.57. The molecular formula is C16H11Cl3F3NO3. The van der Waals surface area contributed by atoms with E-state index in [-0.39, 0.29) is 44.5 Å². The van der Waals surface area contributed by atoms with Crippen LogP contribution in [-0.4, -0.2) is 11.3 Å². The normalized spacial score (nSPS) is 20.2. The highest BCUT2D eigenvalue weighted by Crippen LogP contribution is 2.49. The summed E-state index contributed by atoms with van der Waals surface area (Å²) in [6.45, 7) is 1.28. The zero-order chi connectivity index (χ0) is 19.3. The first-order valence-corrected chi connectivity index (χ1v) is 8.31. The maximum Gasteiger partial charge on any atom is 0.428 e. The van der Waals surface area contributed by atoms with Gasteiger partial charge >= 0.3 is 6.18 Å². The van der Waals surface area contributed by atoms with Gasteiger partial charge < -0.3 is 9.52 Å². The number of benzene rings is 1. The average Bonchev–Trinajstić information content (AvgIpc) is 3.16. The minimum Gasteiger partial charge on any atom is -0.457 e. The molecule has 26 heavy (non-hydrogen) atoms. The second kappa shape index (κ2) is 6.65. The van der Waals surface area contributed by atoms with Crippen molar-refractivity contribution >= 4 is 40.5 Å². The second-order valence-electron chi connectivity index (χ2n) is 5.62. The summed E-state index contributed by atoms with van der Waals surface area (Å²) >= 11 is 17.6. The summed E-state index contributed by atoms with van der Waals surface area (Å²) in [4.78, 5) is 4.94. The summed E-state index contributed by atoms with van der Waals surface area (Å²) in [7, 11) is 0. The number of aliphatic hydroxyl groups is 1. The molecule has 0 fully saturated rings. The number of halogens is 6. The molecular weight excluding hydrogens is 418 g/mol. The van der Waals surface area contributed by atoms with E-state index in [1.807, 2.05) is 0 Å². The monoisotopic (exact) mass is 427 g/mol. The van der Waals surface area contributed by atoms with Crippen LogP contribution < -0.4 is 5.48 Å². The van der Waals surface area contributed by atoms with Gasteiger partial charge in [0.2, 0.25) is 5.60 Å². The van der Waals surface area contributed by atoms with Crippen LogP contribution in [0.15, 0.2) is 28.7 Å². The zero-order valence-corrected chi connectivity index (χ0v) is 15.3. The first-order valence-electron chi connectivity index (χ1n) is 7.18. The maximum absolute atomic E-state index is 13.9. The smallest absolute Gasteiger partial charge is 0.428 e. The molecule has 0 saturated heterocycles. The van der Waals surface area contributed by atoms with Gasteiger partial charge in [-0.15, -0.1) is 0 Å². The van der Waals surface area contributed by atoms with Crippen molar-refractivity contribution in [1.29, 1.82) is 0 Å². The van der Waals surface area contributed by atoms with Gasteiger partial charge in [-0.1, -0.05) is 34.8 Å². The quantitative estimate of drug-likeness (QED) is 0.645. The molecule has 2 aromatic rings. The molecule has 4 nitrogen and oxygen atoms in total. The minimum absolute atomic E-state index is 0.0488. The number of alkyl halides is 3. The fraction of sp³-hybridized carbons (Fsp3) is 0.250. The standard InChI is InChI=1S/C16H11Cl3F3NO3/c1-7-2-12(25-13(7)6-24)11-5-15(26-23-11,16(20,21)22)8-3-9(17)14(19)10(18)4-8/h2-5,23-24H,6H2,1H3. The summed E-state index contributed by atoms with van der Waals surface area (Å²) in [5, 5.41) is 8.85. The van der Waals surface area contributed by atoms with Crippen LogP contribution >= 0.6 is 34.8 Å².